The van der Waals surface area contributed by atoms with E-state index in [2.05, 4.69) is 0 Å². The van der Waals surface area contributed by atoms with Crippen LogP contribution in [0.15, 0.2) is 54.6 Å². The first kappa shape index (κ1) is 19.6. The number of imide groups is 1. The number of likely N-dealkylation sites (tertiary alicyclic amines) is 1. The number of amides is 2. The average Bonchev–Trinajstić information content (AvgIpc) is 3.11. The molecule has 0 aromatic heterocycles. The molecule has 2 amide bonds. The predicted molar refractivity (Wildman–Crippen MR) is 103 cm³/mol. The number of benzene rings is 2. The van der Waals surface area contributed by atoms with Crippen molar-refractivity contribution in [2.24, 2.45) is 0 Å². The molecule has 1 aliphatic rings. The van der Waals surface area contributed by atoms with Gasteiger partial charge in [0.25, 0.3) is 5.91 Å². The number of para-hydroxylation sites is 1. The quantitative estimate of drug-likeness (QED) is 0.543. The number of hydrogen-bond donors (Lipinski definition) is 0. The summed E-state index contributed by atoms with van der Waals surface area (Å²) in [5.74, 6) is -0.526. The van der Waals surface area contributed by atoms with Crippen molar-refractivity contribution in [1.82, 2.24) is 4.90 Å². The Morgan fingerprint density at radius 3 is 2.54 bits per heavy atom. The Morgan fingerprint density at radius 1 is 1.07 bits per heavy atom. The second kappa shape index (κ2) is 9.17. The van der Waals surface area contributed by atoms with Crippen LogP contribution in [0.3, 0.4) is 0 Å². The van der Waals surface area contributed by atoms with E-state index in [-0.39, 0.29) is 36.9 Å². The lowest BCUT2D eigenvalue weighted by molar-refractivity contribution is -0.145. The first-order valence-electron chi connectivity index (χ1n) is 9.29. The fourth-order valence-electron chi connectivity index (χ4n) is 3.34. The highest BCUT2D eigenvalue weighted by molar-refractivity contribution is 6.07. The highest BCUT2D eigenvalue weighted by Crippen LogP contribution is 2.28. The highest BCUT2D eigenvalue weighted by atomic mass is 16.5. The maximum absolute atomic E-state index is 12.9. The average molecular weight is 381 g/mol. The molecule has 2 aromatic carbocycles. The van der Waals surface area contributed by atoms with Gasteiger partial charge >= 0.3 is 5.97 Å². The van der Waals surface area contributed by atoms with Gasteiger partial charge in [0.2, 0.25) is 5.91 Å². The van der Waals surface area contributed by atoms with Crippen LogP contribution in [-0.4, -0.2) is 35.8 Å². The van der Waals surface area contributed by atoms with Crippen LogP contribution in [0.1, 0.15) is 41.6 Å². The van der Waals surface area contributed by atoms with Gasteiger partial charge in [0.1, 0.15) is 12.4 Å². The Morgan fingerprint density at radius 2 is 1.79 bits per heavy atom. The van der Waals surface area contributed by atoms with Crippen LogP contribution in [0.2, 0.25) is 0 Å². The molecule has 3 rings (SSSR count). The first-order valence-corrected chi connectivity index (χ1v) is 9.29. The third-order valence-corrected chi connectivity index (χ3v) is 4.81. The monoisotopic (exact) mass is 381 g/mol. The van der Waals surface area contributed by atoms with Gasteiger partial charge in [-0.25, -0.2) is 0 Å². The van der Waals surface area contributed by atoms with Gasteiger partial charge in [0, 0.05) is 18.9 Å². The van der Waals surface area contributed by atoms with Gasteiger partial charge in [-0.3, -0.25) is 19.3 Å². The summed E-state index contributed by atoms with van der Waals surface area (Å²) in [5.41, 5.74) is 1.26. The number of hydrogen-bond acceptors (Lipinski definition) is 5. The van der Waals surface area contributed by atoms with E-state index < -0.39 is 0 Å². The highest BCUT2D eigenvalue weighted by Gasteiger charge is 2.37. The zero-order valence-electron chi connectivity index (χ0n) is 15.8. The SMILES string of the molecule is COc1ccccc1C(=O)N1C(=O)CCC1CCC(=O)OCc1ccccc1. The number of nitrogens with zero attached hydrogens (tertiary/aromatic N) is 1. The van der Waals surface area contributed by atoms with E-state index in [9.17, 15) is 14.4 Å². The summed E-state index contributed by atoms with van der Waals surface area (Å²) in [7, 11) is 1.48. The Kier molecular flexibility index (Phi) is 6.42. The molecule has 0 spiro atoms. The largest absolute Gasteiger partial charge is 0.496 e. The second-order valence-electron chi connectivity index (χ2n) is 6.65. The molecule has 1 saturated heterocycles. The summed E-state index contributed by atoms with van der Waals surface area (Å²) in [6, 6.07) is 15.9. The van der Waals surface area contributed by atoms with E-state index in [1.165, 1.54) is 12.0 Å². The Bertz CT molecular complexity index is 849. The van der Waals surface area contributed by atoms with Crippen molar-refractivity contribution in [3.05, 3.63) is 65.7 Å². The van der Waals surface area contributed by atoms with Gasteiger partial charge < -0.3 is 9.47 Å². The Hall–Kier alpha value is -3.15. The topological polar surface area (TPSA) is 72.9 Å². The lowest BCUT2D eigenvalue weighted by Gasteiger charge is -2.23. The van der Waals surface area contributed by atoms with Crippen LogP contribution in [0.4, 0.5) is 0 Å². The minimum Gasteiger partial charge on any atom is -0.496 e. The van der Waals surface area contributed by atoms with E-state index in [0.717, 1.165) is 5.56 Å². The van der Waals surface area contributed by atoms with Gasteiger partial charge in [-0.1, -0.05) is 42.5 Å². The Balaban J connectivity index is 1.59. The standard InChI is InChI=1S/C22H23NO5/c1-27-19-10-6-5-9-18(19)22(26)23-17(11-13-20(23)24)12-14-21(25)28-15-16-7-3-2-4-8-16/h2-10,17H,11-15H2,1H3. The van der Waals surface area contributed by atoms with Crippen molar-refractivity contribution < 1.29 is 23.9 Å². The van der Waals surface area contributed by atoms with Crippen molar-refractivity contribution in [2.75, 3.05) is 7.11 Å². The smallest absolute Gasteiger partial charge is 0.306 e. The molecule has 1 unspecified atom stereocenters. The zero-order valence-corrected chi connectivity index (χ0v) is 15.8. The van der Waals surface area contributed by atoms with Gasteiger partial charge in [-0.05, 0) is 30.5 Å². The number of carbonyl (C=O) groups is 3. The lowest BCUT2D eigenvalue weighted by Crippen LogP contribution is -2.39. The molecule has 0 N–H and O–H groups in total. The van der Waals surface area contributed by atoms with E-state index in [0.29, 0.717) is 30.6 Å². The maximum Gasteiger partial charge on any atom is 0.306 e. The van der Waals surface area contributed by atoms with E-state index in [1.54, 1.807) is 24.3 Å². The van der Waals surface area contributed by atoms with Gasteiger partial charge in [0.15, 0.2) is 0 Å². The third kappa shape index (κ3) is 4.57. The molecule has 28 heavy (non-hydrogen) atoms. The molecule has 0 bridgehead atoms. The van der Waals surface area contributed by atoms with Crippen LogP contribution in [-0.2, 0) is 20.9 Å². The minimum atomic E-state index is -0.386. The molecule has 2 aromatic rings. The molecule has 1 fully saturated rings. The zero-order chi connectivity index (χ0) is 19.9. The second-order valence-corrected chi connectivity index (χ2v) is 6.65. The summed E-state index contributed by atoms with van der Waals surface area (Å²) >= 11 is 0. The normalized spacial score (nSPS) is 16.1. The third-order valence-electron chi connectivity index (χ3n) is 4.81. The molecule has 146 valence electrons. The van der Waals surface area contributed by atoms with E-state index >= 15 is 0 Å². The molecule has 0 saturated carbocycles. The van der Waals surface area contributed by atoms with Crippen molar-refractivity contribution in [2.45, 2.75) is 38.3 Å². The molecule has 6 nitrogen and oxygen atoms in total. The Labute approximate surface area is 164 Å². The maximum atomic E-state index is 12.9. The van der Waals surface area contributed by atoms with E-state index in [4.69, 9.17) is 9.47 Å². The van der Waals surface area contributed by atoms with Crippen LogP contribution in [0.25, 0.3) is 0 Å². The van der Waals surface area contributed by atoms with E-state index in [1.807, 2.05) is 30.3 Å². The summed E-state index contributed by atoms with van der Waals surface area (Å²) in [5, 5.41) is 0. The van der Waals surface area contributed by atoms with Crippen LogP contribution < -0.4 is 4.74 Å². The molecule has 6 heteroatoms. The van der Waals surface area contributed by atoms with Crippen LogP contribution in [0.5, 0.6) is 5.75 Å². The molecule has 0 radical (unpaired) electrons. The molecular weight excluding hydrogens is 358 g/mol. The van der Waals surface area contributed by atoms with Crippen LogP contribution in [0, 0.1) is 0 Å². The predicted octanol–water partition coefficient (Wildman–Crippen LogP) is 3.35. The first-order chi connectivity index (χ1) is 13.6. The molecular formula is C22H23NO5. The summed E-state index contributed by atoms with van der Waals surface area (Å²) in [6.45, 7) is 0.215. The molecule has 1 atom stereocenters. The van der Waals surface area contributed by atoms with Gasteiger partial charge in [0.05, 0.1) is 12.7 Å². The fourth-order valence-corrected chi connectivity index (χ4v) is 3.34. The van der Waals surface area contributed by atoms with Gasteiger partial charge in [-0.2, -0.15) is 0 Å². The van der Waals surface area contributed by atoms with Gasteiger partial charge in [-0.15, -0.1) is 0 Å². The van der Waals surface area contributed by atoms with Crippen molar-refractivity contribution >= 4 is 17.8 Å². The molecule has 1 aliphatic heterocycles. The summed E-state index contributed by atoms with van der Waals surface area (Å²) < 4.78 is 10.5. The lowest BCUT2D eigenvalue weighted by atomic mass is 10.1. The minimum absolute atomic E-state index is 0.153. The number of rotatable bonds is 7. The van der Waals surface area contributed by atoms with Crippen molar-refractivity contribution in [1.29, 1.82) is 0 Å². The van der Waals surface area contributed by atoms with Crippen molar-refractivity contribution in [3.63, 3.8) is 0 Å². The molecule has 1 heterocycles. The number of ether oxygens (including phenoxy) is 2. The summed E-state index contributed by atoms with van der Waals surface area (Å²) in [4.78, 5) is 38.6. The number of carbonyl (C=O) groups excluding carboxylic acids is 3. The fraction of sp³-hybridized carbons (Fsp3) is 0.318. The number of methoxy groups -OCH3 is 1. The number of esters is 1. The summed E-state index contributed by atoms with van der Waals surface area (Å²) in [6.07, 6.45) is 1.39. The van der Waals surface area contributed by atoms with Crippen molar-refractivity contribution in [3.8, 4) is 5.75 Å². The molecule has 0 aliphatic carbocycles. The van der Waals surface area contributed by atoms with Crippen LogP contribution >= 0.6 is 0 Å².